The average molecular weight is 317 g/mol. The highest BCUT2D eigenvalue weighted by molar-refractivity contribution is 9.10. The van der Waals surface area contributed by atoms with E-state index in [0.29, 0.717) is 17.6 Å². The third kappa shape index (κ3) is 4.38. The summed E-state index contributed by atoms with van der Waals surface area (Å²) in [7, 11) is 0. The van der Waals surface area contributed by atoms with Crippen LogP contribution >= 0.6 is 15.9 Å². The van der Waals surface area contributed by atoms with Gasteiger partial charge in [-0.05, 0) is 31.5 Å². The summed E-state index contributed by atoms with van der Waals surface area (Å²) >= 11 is 3.30. The third-order valence-electron chi connectivity index (χ3n) is 2.72. The van der Waals surface area contributed by atoms with Crippen LogP contribution < -0.4 is 5.32 Å². The second-order valence-electron chi connectivity index (χ2n) is 3.91. The van der Waals surface area contributed by atoms with Crippen molar-refractivity contribution in [3.63, 3.8) is 0 Å². The van der Waals surface area contributed by atoms with Gasteiger partial charge in [0.2, 0.25) is 5.91 Å². The predicted octanol–water partition coefficient (Wildman–Crippen LogP) is 2.55. The van der Waals surface area contributed by atoms with Crippen LogP contribution in [-0.2, 0) is 11.3 Å². The molecule has 18 heavy (non-hydrogen) atoms. The first-order valence-electron chi connectivity index (χ1n) is 6.00. The molecular weight excluding hydrogens is 299 g/mol. The minimum absolute atomic E-state index is 0.0817. The Morgan fingerprint density at radius 3 is 2.61 bits per heavy atom. The maximum atomic E-state index is 12.9. The van der Waals surface area contributed by atoms with Crippen LogP contribution in [0.2, 0.25) is 0 Å². The molecule has 0 atom stereocenters. The second kappa shape index (κ2) is 7.48. The summed E-state index contributed by atoms with van der Waals surface area (Å²) in [6, 6.07) is 4.53. The smallest absolute Gasteiger partial charge is 0.236 e. The molecule has 100 valence electrons. The van der Waals surface area contributed by atoms with Crippen LogP contribution in [0.1, 0.15) is 19.4 Å². The molecule has 0 spiro atoms. The Bertz CT molecular complexity index is 408. The summed E-state index contributed by atoms with van der Waals surface area (Å²) in [6.45, 7) is 6.18. The zero-order valence-corrected chi connectivity index (χ0v) is 12.3. The highest BCUT2D eigenvalue weighted by Gasteiger charge is 2.09. The van der Waals surface area contributed by atoms with Crippen molar-refractivity contribution in [1.29, 1.82) is 0 Å². The van der Waals surface area contributed by atoms with Gasteiger partial charge < -0.3 is 10.2 Å². The standard InChI is InChI=1S/C13H18BrFN2O/c1-3-17(4-2)13(18)9-16-8-10-5-6-11(15)7-12(10)14/h5-7,16H,3-4,8-9H2,1-2H3. The molecule has 1 amide bonds. The lowest BCUT2D eigenvalue weighted by molar-refractivity contribution is -0.129. The molecule has 3 nitrogen and oxygen atoms in total. The minimum atomic E-state index is -0.273. The lowest BCUT2D eigenvalue weighted by Crippen LogP contribution is -2.37. The number of halogens is 2. The van der Waals surface area contributed by atoms with E-state index in [9.17, 15) is 9.18 Å². The Morgan fingerprint density at radius 1 is 1.39 bits per heavy atom. The van der Waals surface area contributed by atoms with Crippen LogP contribution in [0.25, 0.3) is 0 Å². The van der Waals surface area contributed by atoms with Gasteiger partial charge in [-0.2, -0.15) is 0 Å². The van der Waals surface area contributed by atoms with E-state index in [1.807, 2.05) is 13.8 Å². The Kier molecular flexibility index (Phi) is 6.29. The fraction of sp³-hybridized carbons (Fsp3) is 0.462. The van der Waals surface area contributed by atoms with Crippen LogP contribution in [-0.4, -0.2) is 30.4 Å². The second-order valence-corrected chi connectivity index (χ2v) is 4.76. The van der Waals surface area contributed by atoms with E-state index >= 15 is 0 Å². The van der Waals surface area contributed by atoms with E-state index in [1.54, 1.807) is 11.0 Å². The van der Waals surface area contributed by atoms with Crippen molar-refractivity contribution in [2.45, 2.75) is 20.4 Å². The van der Waals surface area contributed by atoms with Crippen molar-refractivity contribution >= 4 is 21.8 Å². The van der Waals surface area contributed by atoms with Gasteiger partial charge in [-0.1, -0.05) is 22.0 Å². The number of likely N-dealkylation sites (N-methyl/N-ethyl adjacent to an activating group) is 1. The molecule has 0 aliphatic rings. The maximum Gasteiger partial charge on any atom is 0.236 e. The van der Waals surface area contributed by atoms with Gasteiger partial charge in [-0.3, -0.25) is 4.79 Å². The van der Waals surface area contributed by atoms with Gasteiger partial charge in [-0.25, -0.2) is 4.39 Å². The van der Waals surface area contributed by atoms with E-state index in [0.717, 1.165) is 18.7 Å². The van der Waals surface area contributed by atoms with Crippen molar-refractivity contribution in [1.82, 2.24) is 10.2 Å². The number of carbonyl (C=O) groups excluding carboxylic acids is 1. The normalized spacial score (nSPS) is 10.4. The maximum absolute atomic E-state index is 12.9. The molecule has 0 bridgehead atoms. The number of nitrogens with one attached hydrogen (secondary N) is 1. The zero-order valence-electron chi connectivity index (χ0n) is 10.7. The van der Waals surface area contributed by atoms with Gasteiger partial charge in [0.05, 0.1) is 6.54 Å². The molecule has 0 heterocycles. The van der Waals surface area contributed by atoms with Gasteiger partial charge in [-0.15, -0.1) is 0 Å². The predicted molar refractivity (Wildman–Crippen MR) is 73.7 cm³/mol. The van der Waals surface area contributed by atoms with Crippen LogP contribution in [0.3, 0.4) is 0 Å². The molecule has 5 heteroatoms. The van der Waals surface area contributed by atoms with E-state index < -0.39 is 0 Å². The fourth-order valence-electron chi connectivity index (χ4n) is 1.66. The number of rotatable bonds is 6. The van der Waals surface area contributed by atoms with Crippen molar-refractivity contribution < 1.29 is 9.18 Å². The summed E-state index contributed by atoms with van der Waals surface area (Å²) in [5.41, 5.74) is 0.934. The SMILES string of the molecule is CCN(CC)C(=O)CNCc1ccc(F)cc1Br. The van der Waals surface area contributed by atoms with Crippen LogP contribution in [0.5, 0.6) is 0 Å². The Hall–Kier alpha value is -0.940. The minimum Gasteiger partial charge on any atom is -0.342 e. The molecule has 0 unspecified atom stereocenters. The number of carbonyl (C=O) groups is 1. The molecule has 1 aromatic rings. The van der Waals surface area contributed by atoms with E-state index in [-0.39, 0.29) is 11.7 Å². The Labute approximate surface area is 115 Å². The largest absolute Gasteiger partial charge is 0.342 e. The highest BCUT2D eigenvalue weighted by atomic mass is 79.9. The van der Waals surface area contributed by atoms with E-state index in [2.05, 4.69) is 21.2 Å². The number of amides is 1. The van der Waals surface area contributed by atoms with Crippen molar-refractivity contribution in [3.05, 3.63) is 34.1 Å². The van der Waals surface area contributed by atoms with Gasteiger partial charge in [0.25, 0.3) is 0 Å². The topological polar surface area (TPSA) is 32.3 Å². The third-order valence-corrected chi connectivity index (χ3v) is 3.46. The Morgan fingerprint density at radius 2 is 2.06 bits per heavy atom. The molecule has 1 rings (SSSR count). The molecule has 0 saturated carbocycles. The molecule has 0 aliphatic heterocycles. The summed E-state index contributed by atoms with van der Waals surface area (Å²) in [6.07, 6.45) is 0. The lowest BCUT2D eigenvalue weighted by atomic mass is 10.2. The molecule has 0 aliphatic carbocycles. The molecule has 0 fully saturated rings. The molecule has 0 aromatic heterocycles. The number of nitrogens with zero attached hydrogens (tertiary/aromatic N) is 1. The summed E-state index contributed by atoms with van der Waals surface area (Å²) in [4.78, 5) is 13.5. The first-order chi connectivity index (χ1) is 8.58. The zero-order chi connectivity index (χ0) is 13.5. The van der Waals surface area contributed by atoms with Crippen LogP contribution in [0.4, 0.5) is 4.39 Å². The van der Waals surface area contributed by atoms with Gasteiger partial charge >= 0.3 is 0 Å². The first-order valence-corrected chi connectivity index (χ1v) is 6.80. The molecular formula is C13H18BrFN2O. The van der Waals surface area contributed by atoms with Crippen molar-refractivity contribution in [2.75, 3.05) is 19.6 Å². The fourth-order valence-corrected chi connectivity index (χ4v) is 2.15. The number of hydrogen-bond donors (Lipinski definition) is 1. The summed E-state index contributed by atoms with van der Waals surface area (Å²) in [5, 5.41) is 3.07. The van der Waals surface area contributed by atoms with E-state index in [4.69, 9.17) is 0 Å². The molecule has 1 N–H and O–H groups in total. The molecule has 0 saturated heterocycles. The van der Waals surface area contributed by atoms with Gasteiger partial charge in [0.15, 0.2) is 0 Å². The number of benzene rings is 1. The summed E-state index contributed by atoms with van der Waals surface area (Å²) < 4.78 is 13.6. The highest BCUT2D eigenvalue weighted by Crippen LogP contribution is 2.17. The molecule has 1 aromatic carbocycles. The van der Waals surface area contributed by atoms with Crippen molar-refractivity contribution in [3.8, 4) is 0 Å². The van der Waals surface area contributed by atoms with Gasteiger partial charge in [0, 0.05) is 24.1 Å². The quantitative estimate of drug-likeness (QED) is 0.874. The lowest BCUT2D eigenvalue weighted by Gasteiger charge is -2.18. The van der Waals surface area contributed by atoms with Crippen molar-refractivity contribution in [2.24, 2.45) is 0 Å². The molecule has 0 radical (unpaired) electrons. The van der Waals surface area contributed by atoms with Gasteiger partial charge in [0.1, 0.15) is 5.82 Å². The number of hydrogen-bond acceptors (Lipinski definition) is 2. The van der Waals surface area contributed by atoms with E-state index in [1.165, 1.54) is 12.1 Å². The average Bonchev–Trinajstić information content (AvgIpc) is 2.33. The monoisotopic (exact) mass is 316 g/mol. The summed E-state index contributed by atoms with van der Waals surface area (Å²) in [5.74, 6) is -0.192. The van der Waals surface area contributed by atoms with Crippen LogP contribution in [0, 0.1) is 5.82 Å². The van der Waals surface area contributed by atoms with Crippen LogP contribution in [0.15, 0.2) is 22.7 Å². The first kappa shape index (κ1) is 15.1. The Balaban J connectivity index is 2.44.